The van der Waals surface area contributed by atoms with Crippen LogP contribution in [0.15, 0.2) is 36.4 Å². The molecule has 1 saturated heterocycles. The first-order valence-corrected chi connectivity index (χ1v) is 10.8. The van der Waals surface area contributed by atoms with Crippen molar-refractivity contribution in [3.63, 3.8) is 0 Å². The van der Waals surface area contributed by atoms with Gasteiger partial charge < -0.3 is 19.4 Å². The Morgan fingerprint density at radius 2 is 1.97 bits per heavy atom. The summed E-state index contributed by atoms with van der Waals surface area (Å²) < 4.78 is 36.6. The molecule has 0 radical (unpaired) electrons. The molecule has 1 aromatic heterocycles. The lowest BCUT2D eigenvalue weighted by Gasteiger charge is -2.36. The minimum atomic E-state index is -2.68. The highest BCUT2D eigenvalue weighted by Gasteiger charge is 2.28. The summed E-state index contributed by atoms with van der Waals surface area (Å²) in [7, 11) is 3.22. The Balaban J connectivity index is 1.49. The SMILES string of the molecule is COc1ccc(CCC2CCCCN2C(=O)c2ccc3nc(C(F)F)[nH]c3c2)cc1OC. The first-order chi connectivity index (χ1) is 15.5. The van der Waals surface area contributed by atoms with Gasteiger partial charge in [0.05, 0.1) is 25.3 Å². The molecule has 0 bridgehead atoms. The Kier molecular flexibility index (Phi) is 6.58. The van der Waals surface area contributed by atoms with Gasteiger partial charge in [-0.15, -0.1) is 0 Å². The maximum absolute atomic E-state index is 13.3. The summed E-state index contributed by atoms with van der Waals surface area (Å²) in [4.78, 5) is 21.7. The van der Waals surface area contributed by atoms with Crippen LogP contribution < -0.4 is 9.47 Å². The van der Waals surface area contributed by atoms with Crippen molar-refractivity contribution in [2.24, 2.45) is 0 Å². The van der Waals surface area contributed by atoms with E-state index in [-0.39, 0.29) is 17.8 Å². The lowest BCUT2D eigenvalue weighted by atomic mass is 9.95. The Hall–Kier alpha value is -3.16. The van der Waals surface area contributed by atoms with Crippen LogP contribution >= 0.6 is 0 Å². The van der Waals surface area contributed by atoms with Crippen molar-refractivity contribution in [1.82, 2.24) is 14.9 Å². The van der Waals surface area contributed by atoms with Crippen molar-refractivity contribution >= 4 is 16.9 Å². The number of nitrogens with one attached hydrogen (secondary N) is 1. The van der Waals surface area contributed by atoms with Gasteiger partial charge in [0.1, 0.15) is 0 Å². The molecule has 1 aliphatic heterocycles. The Bertz CT molecular complexity index is 1100. The number of benzene rings is 2. The van der Waals surface area contributed by atoms with Gasteiger partial charge in [0.25, 0.3) is 12.3 Å². The van der Waals surface area contributed by atoms with E-state index in [9.17, 15) is 13.6 Å². The molecule has 0 spiro atoms. The Morgan fingerprint density at radius 3 is 2.72 bits per heavy atom. The fourth-order valence-corrected chi connectivity index (χ4v) is 4.37. The summed E-state index contributed by atoms with van der Waals surface area (Å²) in [5.74, 6) is 0.931. The average molecular weight is 443 g/mol. The fourth-order valence-electron chi connectivity index (χ4n) is 4.37. The molecular weight excluding hydrogens is 416 g/mol. The van der Waals surface area contributed by atoms with Crippen LogP contribution in [0.5, 0.6) is 11.5 Å². The molecule has 32 heavy (non-hydrogen) atoms. The molecule has 8 heteroatoms. The van der Waals surface area contributed by atoms with Crippen molar-refractivity contribution in [3.05, 3.63) is 53.3 Å². The number of alkyl halides is 2. The minimum absolute atomic E-state index is 0.0721. The number of piperidine rings is 1. The highest BCUT2D eigenvalue weighted by atomic mass is 19.3. The summed E-state index contributed by atoms with van der Waals surface area (Å²) in [5.41, 5.74) is 2.49. The molecule has 1 fully saturated rings. The average Bonchev–Trinajstić information content (AvgIpc) is 3.26. The fraction of sp³-hybridized carbons (Fsp3) is 0.417. The molecule has 3 aromatic rings. The van der Waals surface area contributed by atoms with E-state index >= 15 is 0 Å². The van der Waals surface area contributed by atoms with Gasteiger partial charge in [-0.1, -0.05) is 6.07 Å². The number of hydrogen-bond acceptors (Lipinski definition) is 4. The molecule has 6 nitrogen and oxygen atoms in total. The predicted molar refractivity (Wildman–Crippen MR) is 118 cm³/mol. The highest BCUT2D eigenvalue weighted by molar-refractivity contribution is 5.97. The molecule has 170 valence electrons. The van der Waals surface area contributed by atoms with Crippen LogP contribution in [0, 0.1) is 0 Å². The minimum Gasteiger partial charge on any atom is -0.493 e. The largest absolute Gasteiger partial charge is 0.493 e. The van der Waals surface area contributed by atoms with Crippen LogP contribution in [0.1, 0.15) is 53.9 Å². The smallest absolute Gasteiger partial charge is 0.295 e. The van der Waals surface area contributed by atoms with Crippen LogP contribution in [0.3, 0.4) is 0 Å². The van der Waals surface area contributed by atoms with Crippen molar-refractivity contribution in [2.75, 3.05) is 20.8 Å². The van der Waals surface area contributed by atoms with E-state index in [0.29, 0.717) is 34.6 Å². The van der Waals surface area contributed by atoms with E-state index in [4.69, 9.17) is 9.47 Å². The van der Waals surface area contributed by atoms with Crippen molar-refractivity contribution in [3.8, 4) is 11.5 Å². The van der Waals surface area contributed by atoms with Gasteiger partial charge in [-0.25, -0.2) is 13.8 Å². The standard InChI is InChI=1S/C24H27F2N3O3/c1-31-20-11-7-15(13-21(20)32-2)6-9-17-5-3-4-12-29(17)24(30)16-8-10-18-19(14-16)28-23(27-18)22(25)26/h7-8,10-11,13-14,17,22H,3-6,9,12H2,1-2H3,(H,27,28). The maximum Gasteiger partial charge on any atom is 0.295 e. The van der Waals surface area contributed by atoms with Gasteiger partial charge in [-0.3, -0.25) is 4.79 Å². The summed E-state index contributed by atoms with van der Waals surface area (Å²) in [6.07, 6.45) is 1.96. The lowest BCUT2D eigenvalue weighted by molar-refractivity contribution is 0.0602. The number of likely N-dealkylation sites (tertiary alicyclic amines) is 1. The van der Waals surface area contributed by atoms with Gasteiger partial charge >= 0.3 is 0 Å². The number of imidazole rings is 1. The third-order valence-corrected chi connectivity index (χ3v) is 6.06. The molecule has 4 rings (SSSR count). The Labute approximate surface area is 185 Å². The number of aromatic amines is 1. The number of carbonyl (C=O) groups excluding carboxylic acids is 1. The number of H-pyrrole nitrogens is 1. The van der Waals surface area contributed by atoms with E-state index in [0.717, 1.165) is 37.7 Å². The predicted octanol–water partition coefficient (Wildman–Crippen LogP) is 5.15. The van der Waals surface area contributed by atoms with Crippen molar-refractivity contribution in [1.29, 1.82) is 0 Å². The van der Waals surface area contributed by atoms with Crippen molar-refractivity contribution in [2.45, 2.75) is 44.6 Å². The number of amides is 1. The summed E-state index contributed by atoms with van der Waals surface area (Å²) in [6.45, 7) is 0.693. The number of hydrogen-bond donors (Lipinski definition) is 1. The number of nitrogens with zero attached hydrogens (tertiary/aromatic N) is 2. The van der Waals surface area contributed by atoms with Gasteiger partial charge in [0.2, 0.25) is 0 Å². The number of fused-ring (bicyclic) bond motifs is 1. The highest BCUT2D eigenvalue weighted by Crippen LogP contribution is 2.30. The Morgan fingerprint density at radius 1 is 1.16 bits per heavy atom. The molecule has 1 N–H and O–H groups in total. The molecule has 2 heterocycles. The summed E-state index contributed by atoms with van der Waals surface area (Å²) in [5, 5.41) is 0. The summed E-state index contributed by atoms with van der Waals surface area (Å²) in [6, 6.07) is 10.9. The summed E-state index contributed by atoms with van der Waals surface area (Å²) >= 11 is 0. The quantitative estimate of drug-likeness (QED) is 0.549. The van der Waals surface area contributed by atoms with Crippen LogP contribution in [-0.2, 0) is 6.42 Å². The number of methoxy groups -OCH3 is 2. The second kappa shape index (κ2) is 9.54. The number of rotatable bonds is 7. The third kappa shape index (κ3) is 4.54. The van der Waals surface area contributed by atoms with Crippen LogP contribution in [0.25, 0.3) is 11.0 Å². The second-order valence-corrected chi connectivity index (χ2v) is 8.03. The number of aryl methyl sites for hydroxylation is 1. The van der Waals surface area contributed by atoms with Gasteiger partial charge in [0.15, 0.2) is 17.3 Å². The molecule has 1 atom stereocenters. The van der Waals surface area contributed by atoms with E-state index < -0.39 is 6.43 Å². The lowest BCUT2D eigenvalue weighted by Crippen LogP contribution is -2.44. The zero-order chi connectivity index (χ0) is 22.7. The second-order valence-electron chi connectivity index (χ2n) is 8.03. The molecule has 2 aromatic carbocycles. The van der Waals surface area contributed by atoms with Crippen molar-refractivity contribution < 1.29 is 23.0 Å². The first kappa shape index (κ1) is 22.0. The maximum atomic E-state index is 13.3. The zero-order valence-electron chi connectivity index (χ0n) is 18.2. The zero-order valence-corrected chi connectivity index (χ0v) is 18.2. The normalized spacial score (nSPS) is 16.5. The van der Waals surface area contributed by atoms with E-state index in [2.05, 4.69) is 9.97 Å². The van der Waals surface area contributed by atoms with Gasteiger partial charge in [0, 0.05) is 18.2 Å². The number of carbonyl (C=O) groups is 1. The molecule has 1 aliphatic rings. The van der Waals surface area contributed by atoms with E-state index in [1.165, 1.54) is 0 Å². The number of aromatic nitrogens is 2. The first-order valence-electron chi connectivity index (χ1n) is 10.8. The number of ether oxygens (including phenoxy) is 2. The van der Waals surface area contributed by atoms with E-state index in [1.54, 1.807) is 32.4 Å². The van der Waals surface area contributed by atoms with Gasteiger partial charge in [-0.05, 0) is 68.0 Å². The molecular formula is C24H27F2N3O3. The van der Waals surface area contributed by atoms with Crippen LogP contribution in [0.4, 0.5) is 8.78 Å². The monoisotopic (exact) mass is 443 g/mol. The van der Waals surface area contributed by atoms with E-state index in [1.807, 2.05) is 23.1 Å². The topological polar surface area (TPSA) is 67.5 Å². The molecule has 0 aliphatic carbocycles. The molecule has 0 saturated carbocycles. The van der Waals surface area contributed by atoms with Crippen LogP contribution in [0.2, 0.25) is 0 Å². The number of halogens is 2. The van der Waals surface area contributed by atoms with Crippen LogP contribution in [-0.4, -0.2) is 47.6 Å². The molecule has 1 unspecified atom stereocenters. The molecule has 1 amide bonds. The third-order valence-electron chi connectivity index (χ3n) is 6.06. The van der Waals surface area contributed by atoms with Gasteiger partial charge in [-0.2, -0.15) is 0 Å².